The molecular weight excluding hydrogens is 231 g/mol. The van der Waals surface area contributed by atoms with Crippen LogP contribution < -0.4 is 10.0 Å². The van der Waals surface area contributed by atoms with E-state index in [2.05, 4.69) is 10.0 Å². The van der Waals surface area contributed by atoms with Crippen LogP contribution in [0.2, 0.25) is 0 Å². The van der Waals surface area contributed by atoms with Crippen molar-refractivity contribution in [1.82, 2.24) is 10.0 Å². The van der Waals surface area contributed by atoms with Crippen LogP contribution in [0.25, 0.3) is 0 Å². The van der Waals surface area contributed by atoms with Crippen molar-refractivity contribution in [3.63, 3.8) is 0 Å². The summed E-state index contributed by atoms with van der Waals surface area (Å²) in [5.74, 6) is -0.741. The van der Waals surface area contributed by atoms with Gasteiger partial charge in [0.25, 0.3) is 0 Å². The molecule has 0 atom stereocenters. The van der Waals surface area contributed by atoms with Crippen LogP contribution in [0.1, 0.15) is 12.5 Å². The van der Waals surface area contributed by atoms with Crippen LogP contribution >= 0.6 is 0 Å². The van der Waals surface area contributed by atoms with Crippen molar-refractivity contribution in [2.75, 3.05) is 13.6 Å². The summed E-state index contributed by atoms with van der Waals surface area (Å²) in [5, 5.41) is 3.04. The summed E-state index contributed by atoms with van der Waals surface area (Å²) in [6, 6.07) is 4.06. The van der Waals surface area contributed by atoms with E-state index in [0.29, 0.717) is 6.54 Å². The van der Waals surface area contributed by atoms with Crippen molar-refractivity contribution in [2.24, 2.45) is 0 Å². The van der Waals surface area contributed by atoms with E-state index >= 15 is 0 Å². The van der Waals surface area contributed by atoms with Crippen LogP contribution in [0.5, 0.6) is 0 Å². The van der Waals surface area contributed by atoms with Crippen LogP contribution in [0.4, 0.5) is 4.39 Å². The van der Waals surface area contributed by atoms with E-state index in [-0.39, 0.29) is 4.90 Å². The second-order valence-electron chi connectivity index (χ2n) is 3.25. The second-order valence-corrected chi connectivity index (χ2v) is 5.11. The maximum Gasteiger partial charge on any atom is 0.243 e. The molecule has 0 unspecified atom stereocenters. The number of sulfonamides is 1. The van der Waals surface area contributed by atoms with Gasteiger partial charge in [-0.05, 0) is 31.3 Å². The minimum Gasteiger partial charge on any atom is -0.313 e. The normalized spacial score (nSPS) is 11.7. The molecule has 0 amide bonds. The fraction of sp³-hybridized carbons (Fsp3) is 0.400. The summed E-state index contributed by atoms with van der Waals surface area (Å²) in [7, 11) is -2.47. The number of benzene rings is 1. The number of halogens is 1. The highest BCUT2D eigenvalue weighted by atomic mass is 32.2. The van der Waals surface area contributed by atoms with Crippen LogP contribution in [0.3, 0.4) is 0 Å². The Morgan fingerprint density at radius 1 is 1.38 bits per heavy atom. The molecular formula is C10H15FN2O2S. The van der Waals surface area contributed by atoms with Crippen molar-refractivity contribution in [3.05, 3.63) is 29.6 Å². The average molecular weight is 246 g/mol. The van der Waals surface area contributed by atoms with Crippen LogP contribution in [0.15, 0.2) is 23.1 Å². The van der Waals surface area contributed by atoms with E-state index in [1.807, 2.05) is 6.92 Å². The summed E-state index contributed by atoms with van der Waals surface area (Å²) < 4.78 is 38.4. The zero-order valence-corrected chi connectivity index (χ0v) is 10.1. The van der Waals surface area contributed by atoms with Gasteiger partial charge in [0.2, 0.25) is 10.0 Å². The zero-order chi connectivity index (χ0) is 12.2. The molecule has 0 fully saturated rings. The molecule has 0 saturated carbocycles. The molecule has 6 heteroatoms. The third kappa shape index (κ3) is 3.01. The van der Waals surface area contributed by atoms with Gasteiger partial charge in [-0.15, -0.1) is 0 Å². The number of rotatable bonds is 5. The molecule has 0 radical (unpaired) electrons. The third-order valence-corrected chi connectivity index (χ3v) is 3.56. The Morgan fingerprint density at radius 3 is 2.62 bits per heavy atom. The fourth-order valence-corrected chi connectivity index (χ4v) is 2.09. The smallest absolute Gasteiger partial charge is 0.243 e. The van der Waals surface area contributed by atoms with E-state index in [0.717, 1.165) is 18.2 Å². The van der Waals surface area contributed by atoms with E-state index in [1.54, 1.807) is 6.07 Å². The summed E-state index contributed by atoms with van der Waals surface area (Å²) in [4.78, 5) is -0.314. The molecule has 4 nitrogen and oxygen atoms in total. The highest BCUT2D eigenvalue weighted by molar-refractivity contribution is 7.89. The molecule has 0 spiro atoms. The van der Waals surface area contributed by atoms with Gasteiger partial charge in [0.15, 0.2) is 0 Å². The topological polar surface area (TPSA) is 58.2 Å². The lowest BCUT2D eigenvalue weighted by molar-refractivity contribution is 0.560. The number of nitrogens with one attached hydrogen (secondary N) is 2. The Morgan fingerprint density at radius 2 is 2.06 bits per heavy atom. The first-order valence-corrected chi connectivity index (χ1v) is 6.42. The van der Waals surface area contributed by atoms with Crippen molar-refractivity contribution in [3.8, 4) is 0 Å². The summed E-state index contributed by atoms with van der Waals surface area (Å²) in [6.07, 6.45) is 0. The summed E-state index contributed by atoms with van der Waals surface area (Å²) in [6.45, 7) is 3.23. The third-order valence-electron chi connectivity index (χ3n) is 2.13. The lowest BCUT2D eigenvalue weighted by Gasteiger charge is -2.07. The van der Waals surface area contributed by atoms with Gasteiger partial charge < -0.3 is 5.32 Å². The Balaban J connectivity index is 3.09. The van der Waals surface area contributed by atoms with Crippen molar-refractivity contribution >= 4 is 10.0 Å². The Labute approximate surface area is 94.9 Å². The Hall–Kier alpha value is -0.980. The van der Waals surface area contributed by atoms with E-state index in [9.17, 15) is 12.8 Å². The monoisotopic (exact) mass is 246 g/mol. The summed E-state index contributed by atoms with van der Waals surface area (Å²) in [5.41, 5.74) is 0.733. The first kappa shape index (κ1) is 13.1. The standard InChI is InChI=1S/C10H15FN2O2S/c1-3-13-7-8-4-5-9(11)10(6-8)16(14,15)12-2/h4-6,12-13H,3,7H2,1-2H3. The highest BCUT2D eigenvalue weighted by Crippen LogP contribution is 2.15. The quantitative estimate of drug-likeness (QED) is 0.809. The van der Waals surface area contributed by atoms with Crippen molar-refractivity contribution < 1.29 is 12.8 Å². The van der Waals surface area contributed by atoms with Crippen LogP contribution in [0, 0.1) is 5.82 Å². The van der Waals surface area contributed by atoms with Gasteiger partial charge in [-0.1, -0.05) is 13.0 Å². The molecule has 0 aliphatic carbocycles. The SMILES string of the molecule is CCNCc1ccc(F)c(S(=O)(=O)NC)c1. The first-order valence-electron chi connectivity index (χ1n) is 4.94. The maximum absolute atomic E-state index is 13.3. The molecule has 1 rings (SSSR count). The van der Waals surface area contributed by atoms with Gasteiger partial charge >= 0.3 is 0 Å². The molecule has 2 N–H and O–H groups in total. The Bertz CT molecular complexity index is 460. The minimum absolute atomic E-state index is 0.314. The van der Waals surface area contributed by atoms with Crippen LogP contribution in [-0.4, -0.2) is 22.0 Å². The second kappa shape index (κ2) is 5.38. The number of hydrogen-bond acceptors (Lipinski definition) is 3. The summed E-state index contributed by atoms with van der Waals surface area (Å²) >= 11 is 0. The molecule has 90 valence electrons. The molecule has 0 heterocycles. The fourth-order valence-electron chi connectivity index (χ4n) is 1.24. The first-order chi connectivity index (χ1) is 7.51. The van der Waals surface area contributed by atoms with E-state index in [1.165, 1.54) is 13.1 Å². The molecule has 1 aromatic carbocycles. The predicted octanol–water partition coefficient (Wildman–Crippen LogP) is 0.843. The molecule has 0 aliphatic heterocycles. The highest BCUT2D eigenvalue weighted by Gasteiger charge is 2.17. The van der Waals surface area contributed by atoms with Gasteiger partial charge in [0.05, 0.1) is 0 Å². The maximum atomic E-state index is 13.3. The van der Waals surface area contributed by atoms with Gasteiger partial charge in [-0.2, -0.15) is 0 Å². The van der Waals surface area contributed by atoms with E-state index in [4.69, 9.17) is 0 Å². The minimum atomic E-state index is -3.73. The van der Waals surface area contributed by atoms with E-state index < -0.39 is 15.8 Å². The molecule has 0 aromatic heterocycles. The lowest BCUT2D eigenvalue weighted by Crippen LogP contribution is -2.20. The van der Waals surface area contributed by atoms with Crippen molar-refractivity contribution in [1.29, 1.82) is 0 Å². The van der Waals surface area contributed by atoms with Gasteiger partial charge in [0, 0.05) is 6.54 Å². The average Bonchev–Trinajstić information content (AvgIpc) is 2.27. The zero-order valence-electron chi connectivity index (χ0n) is 9.25. The molecule has 16 heavy (non-hydrogen) atoms. The number of hydrogen-bond donors (Lipinski definition) is 2. The largest absolute Gasteiger partial charge is 0.313 e. The molecule has 1 aromatic rings. The molecule has 0 saturated heterocycles. The van der Waals surface area contributed by atoms with Gasteiger partial charge in [-0.3, -0.25) is 0 Å². The van der Waals surface area contributed by atoms with Crippen molar-refractivity contribution in [2.45, 2.75) is 18.4 Å². The predicted molar refractivity (Wildman–Crippen MR) is 60.0 cm³/mol. The molecule has 0 bridgehead atoms. The molecule has 0 aliphatic rings. The van der Waals surface area contributed by atoms with Crippen LogP contribution in [-0.2, 0) is 16.6 Å². The Kier molecular flexibility index (Phi) is 4.40. The van der Waals surface area contributed by atoms with Gasteiger partial charge in [0.1, 0.15) is 10.7 Å². The lowest BCUT2D eigenvalue weighted by atomic mass is 10.2. The van der Waals surface area contributed by atoms with Gasteiger partial charge in [-0.25, -0.2) is 17.5 Å².